The molecule has 3 rings (SSSR count). The fourth-order valence-electron chi connectivity index (χ4n) is 4.13. The van der Waals surface area contributed by atoms with E-state index in [-0.39, 0.29) is 36.6 Å². The Hall–Kier alpha value is -1.36. The van der Waals surface area contributed by atoms with E-state index < -0.39 is 26.7 Å². The normalized spacial score (nSPS) is 24.2. The van der Waals surface area contributed by atoms with Crippen molar-refractivity contribution in [3.05, 3.63) is 28.8 Å². The van der Waals surface area contributed by atoms with E-state index in [9.17, 15) is 26.4 Å². The summed E-state index contributed by atoms with van der Waals surface area (Å²) in [5.41, 5.74) is -1.07. The van der Waals surface area contributed by atoms with Crippen molar-refractivity contribution in [2.24, 2.45) is 5.92 Å². The van der Waals surface area contributed by atoms with Crippen molar-refractivity contribution < 1.29 is 26.4 Å². The van der Waals surface area contributed by atoms with Crippen LogP contribution < -0.4 is 5.32 Å². The zero-order chi connectivity index (χ0) is 22.8. The molecule has 31 heavy (non-hydrogen) atoms. The number of carbonyl (C=O) groups is 1. The monoisotopic (exact) mass is 481 g/mol. The van der Waals surface area contributed by atoms with Crippen molar-refractivity contribution in [3.8, 4) is 0 Å². The molecular formula is C20H27ClF3N3O3S. The Morgan fingerprint density at radius 1 is 1.16 bits per heavy atom. The zero-order valence-corrected chi connectivity index (χ0v) is 18.9. The van der Waals surface area contributed by atoms with Gasteiger partial charge < -0.3 is 5.32 Å². The fraction of sp³-hybridized carbons (Fsp3) is 0.650. The Kier molecular flexibility index (Phi) is 7.55. The van der Waals surface area contributed by atoms with Crippen LogP contribution in [-0.2, 0) is 21.0 Å². The number of piperazine rings is 1. The van der Waals surface area contributed by atoms with E-state index in [4.69, 9.17) is 11.6 Å². The van der Waals surface area contributed by atoms with Gasteiger partial charge in [-0.05, 0) is 37.0 Å². The summed E-state index contributed by atoms with van der Waals surface area (Å²) in [6, 6.07) is 2.45. The number of carbonyl (C=O) groups excluding carboxylic acids is 1. The molecule has 1 amide bonds. The van der Waals surface area contributed by atoms with Crippen LogP contribution in [-0.4, -0.2) is 62.3 Å². The number of sulfonamides is 1. The summed E-state index contributed by atoms with van der Waals surface area (Å²) in [7, 11) is -4.18. The third-order valence-corrected chi connectivity index (χ3v) is 8.41. The molecule has 6 nitrogen and oxygen atoms in total. The van der Waals surface area contributed by atoms with Gasteiger partial charge in [0, 0.05) is 32.2 Å². The number of halogens is 4. The lowest BCUT2D eigenvalue weighted by Gasteiger charge is -2.35. The zero-order valence-electron chi connectivity index (χ0n) is 17.3. The molecule has 1 aliphatic carbocycles. The van der Waals surface area contributed by atoms with E-state index in [0.29, 0.717) is 25.1 Å². The van der Waals surface area contributed by atoms with E-state index >= 15 is 0 Å². The third-order valence-electron chi connectivity index (χ3n) is 6.03. The fourth-order valence-corrected chi connectivity index (χ4v) is 6.05. The molecule has 1 aromatic rings. The first kappa shape index (κ1) is 24.3. The van der Waals surface area contributed by atoms with Crippen LogP contribution in [0, 0.1) is 5.92 Å². The Labute approximate surface area is 185 Å². The van der Waals surface area contributed by atoms with Gasteiger partial charge in [0.1, 0.15) is 4.90 Å². The molecule has 11 heteroatoms. The molecule has 0 aromatic heterocycles. The summed E-state index contributed by atoms with van der Waals surface area (Å²) < 4.78 is 65.9. The highest BCUT2D eigenvalue weighted by Crippen LogP contribution is 2.34. The Morgan fingerprint density at radius 2 is 1.81 bits per heavy atom. The van der Waals surface area contributed by atoms with Gasteiger partial charge in [0.05, 0.1) is 17.1 Å². The molecule has 0 bridgehead atoms. The predicted molar refractivity (Wildman–Crippen MR) is 111 cm³/mol. The van der Waals surface area contributed by atoms with E-state index in [1.807, 2.05) is 4.90 Å². The van der Waals surface area contributed by atoms with Crippen molar-refractivity contribution in [2.75, 3.05) is 32.7 Å². The summed E-state index contributed by atoms with van der Waals surface area (Å²) in [6.45, 7) is 3.06. The van der Waals surface area contributed by atoms with E-state index in [1.165, 1.54) is 6.42 Å². The second-order valence-electron chi connectivity index (χ2n) is 8.26. The number of nitrogens with one attached hydrogen (secondary N) is 1. The molecule has 0 radical (unpaired) electrons. The summed E-state index contributed by atoms with van der Waals surface area (Å²) in [6.07, 6.45) is -0.323. The van der Waals surface area contributed by atoms with Crippen LogP contribution in [0.5, 0.6) is 0 Å². The lowest BCUT2D eigenvalue weighted by Crippen LogP contribution is -2.52. The number of hydrogen-bond acceptors (Lipinski definition) is 4. The maximum Gasteiger partial charge on any atom is 0.416 e. The third kappa shape index (κ3) is 5.91. The first-order valence-corrected chi connectivity index (χ1v) is 12.2. The summed E-state index contributed by atoms with van der Waals surface area (Å²) in [4.78, 5) is 13.7. The van der Waals surface area contributed by atoms with Crippen molar-refractivity contribution in [2.45, 2.75) is 49.7 Å². The molecule has 2 atom stereocenters. The largest absolute Gasteiger partial charge is 0.416 e. The molecule has 1 aromatic carbocycles. The van der Waals surface area contributed by atoms with Crippen LogP contribution in [0.25, 0.3) is 0 Å². The minimum Gasteiger partial charge on any atom is -0.352 e. The van der Waals surface area contributed by atoms with E-state index in [2.05, 4.69) is 12.2 Å². The van der Waals surface area contributed by atoms with Gasteiger partial charge in [0.15, 0.2) is 0 Å². The van der Waals surface area contributed by atoms with Crippen LogP contribution in [0.4, 0.5) is 13.2 Å². The number of hydrogen-bond donors (Lipinski definition) is 1. The molecule has 1 saturated carbocycles. The SMILES string of the molecule is CC1CCCCC1NC(=O)CN1CCN(S(=O)(=O)c2cc(C(F)(F)F)ccc2Cl)CC1. The molecule has 174 valence electrons. The quantitative estimate of drug-likeness (QED) is 0.700. The number of rotatable bonds is 5. The van der Waals surface area contributed by atoms with Crippen molar-refractivity contribution in [1.29, 1.82) is 0 Å². The number of amides is 1. The van der Waals surface area contributed by atoms with Gasteiger partial charge in [-0.25, -0.2) is 8.42 Å². The molecular weight excluding hydrogens is 455 g/mol. The minimum atomic E-state index is -4.67. The lowest BCUT2D eigenvalue weighted by molar-refractivity contribution is -0.137. The maximum atomic E-state index is 13.0. The minimum absolute atomic E-state index is 0.0714. The van der Waals surface area contributed by atoms with Gasteiger partial charge in [0.2, 0.25) is 15.9 Å². The Morgan fingerprint density at radius 3 is 2.42 bits per heavy atom. The topological polar surface area (TPSA) is 69.7 Å². The Bertz CT molecular complexity index is 903. The predicted octanol–water partition coefficient (Wildman–Crippen LogP) is 3.36. The number of nitrogens with zero attached hydrogens (tertiary/aromatic N) is 2. The van der Waals surface area contributed by atoms with Crippen LogP contribution in [0.2, 0.25) is 5.02 Å². The van der Waals surface area contributed by atoms with Crippen LogP contribution in [0.3, 0.4) is 0 Å². The van der Waals surface area contributed by atoms with Crippen LogP contribution in [0.15, 0.2) is 23.1 Å². The second-order valence-corrected chi connectivity index (χ2v) is 10.6. The average molecular weight is 482 g/mol. The van der Waals surface area contributed by atoms with Gasteiger partial charge in [-0.15, -0.1) is 0 Å². The van der Waals surface area contributed by atoms with Gasteiger partial charge in [-0.3, -0.25) is 9.69 Å². The first-order chi connectivity index (χ1) is 14.5. The maximum absolute atomic E-state index is 13.0. The highest BCUT2D eigenvalue weighted by atomic mass is 35.5. The van der Waals surface area contributed by atoms with Crippen molar-refractivity contribution in [1.82, 2.24) is 14.5 Å². The summed E-state index contributed by atoms with van der Waals surface area (Å²) >= 11 is 5.92. The van der Waals surface area contributed by atoms with Gasteiger partial charge in [-0.2, -0.15) is 17.5 Å². The van der Waals surface area contributed by atoms with Crippen molar-refractivity contribution in [3.63, 3.8) is 0 Å². The molecule has 1 saturated heterocycles. The smallest absolute Gasteiger partial charge is 0.352 e. The average Bonchev–Trinajstić information content (AvgIpc) is 2.69. The van der Waals surface area contributed by atoms with E-state index in [0.717, 1.165) is 35.7 Å². The highest BCUT2D eigenvalue weighted by Gasteiger charge is 2.35. The Balaban J connectivity index is 1.59. The second kappa shape index (κ2) is 9.64. The van der Waals surface area contributed by atoms with Crippen LogP contribution in [0.1, 0.15) is 38.2 Å². The number of benzene rings is 1. The molecule has 2 unspecified atom stereocenters. The van der Waals surface area contributed by atoms with Gasteiger partial charge >= 0.3 is 6.18 Å². The number of alkyl halides is 3. The van der Waals surface area contributed by atoms with Crippen molar-refractivity contribution >= 4 is 27.5 Å². The van der Waals surface area contributed by atoms with Gasteiger partial charge in [0.25, 0.3) is 0 Å². The lowest BCUT2D eigenvalue weighted by atomic mass is 9.86. The molecule has 2 aliphatic rings. The molecule has 1 N–H and O–H groups in total. The molecule has 1 heterocycles. The molecule has 2 fully saturated rings. The standard InChI is InChI=1S/C20H27ClF3N3O3S/c1-14-4-2-3-5-17(14)25-19(28)13-26-8-10-27(11-9-26)31(29,30)18-12-15(20(22,23)24)6-7-16(18)21/h6-7,12,14,17H,2-5,8-11,13H2,1H3,(H,25,28). The molecule has 1 aliphatic heterocycles. The summed E-state index contributed by atoms with van der Waals surface area (Å²) in [5.74, 6) is 0.355. The highest BCUT2D eigenvalue weighted by molar-refractivity contribution is 7.89. The van der Waals surface area contributed by atoms with Gasteiger partial charge in [-0.1, -0.05) is 31.4 Å². The molecule has 0 spiro atoms. The van der Waals surface area contributed by atoms with Crippen LogP contribution >= 0.6 is 11.6 Å². The van der Waals surface area contributed by atoms with E-state index in [1.54, 1.807) is 0 Å². The summed E-state index contributed by atoms with van der Waals surface area (Å²) in [5, 5.41) is 2.82. The first-order valence-electron chi connectivity index (χ1n) is 10.4.